The molecule has 10 rings (SSSR count). The van der Waals surface area contributed by atoms with Crippen LogP contribution in [0.3, 0.4) is 0 Å². The molecule has 0 atom stereocenters. The van der Waals surface area contributed by atoms with Gasteiger partial charge in [-0.2, -0.15) is 0 Å². The molecular weight excluding hydrogens is 510 g/mol. The van der Waals surface area contributed by atoms with E-state index in [1.165, 1.54) is 71.3 Å². The Morgan fingerprint density at radius 3 is 1.64 bits per heavy atom. The Bertz CT molecular complexity index is 2500. The number of pyridine rings is 1. The molecule has 194 valence electrons. The van der Waals surface area contributed by atoms with E-state index in [0.717, 1.165) is 16.9 Å². The van der Waals surface area contributed by atoms with Crippen LogP contribution in [-0.2, 0) is 0 Å². The van der Waals surface area contributed by atoms with Gasteiger partial charge in [-0.25, -0.2) is 0 Å². The average Bonchev–Trinajstić information content (AvgIpc) is 3.68. The number of para-hydroxylation sites is 3. The lowest BCUT2D eigenvalue weighted by Gasteiger charge is -2.13. The second kappa shape index (κ2) is 7.96. The van der Waals surface area contributed by atoms with Crippen molar-refractivity contribution in [3.05, 3.63) is 140 Å². The summed E-state index contributed by atoms with van der Waals surface area (Å²) in [7, 11) is 0. The third-order valence-electron chi connectivity index (χ3n) is 9.11. The molecule has 42 heavy (non-hydrogen) atoms. The van der Waals surface area contributed by atoms with Crippen molar-refractivity contribution in [1.29, 1.82) is 0 Å². The van der Waals surface area contributed by atoms with E-state index in [1.54, 1.807) is 0 Å². The molecule has 1 aliphatic rings. The van der Waals surface area contributed by atoms with Crippen LogP contribution in [0.4, 0.5) is 0 Å². The summed E-state index contributed by atoms with van der Waals surface area (Å²) in [5.41, 5.74) is 13.2. The Labute approximate surface area is 241 Å². The first kappa shape index (κ1) is 22.1. The summed E-state index contributed by atoms with van der Waals surface area (Å²) in [6.45, 7) is 0. The number of benzene rings is 6. The van der Waals surface area contributed by atoms with Crippen LogP contribution >= 0.6 is 0 Å². The lowest BCUT2D eigenvalue weighted by Crippen LogP contribution is -1.98. The topological polar surface area (TPSA) is 22.8 Å². The third kappa shape index (κ3) is 2.72. The van der Waals surface area contributed by atoms with Crippen LogP contribution in [0.15, 0.2) is 140 Å². The van der Waals surface area contributed by atoms with E-state index in [0.29, 0.717) is 0 Å². The first-order valence-electron chi connectivity index (χ1n) is 14.4. The summed E-state index contributed by atoms with van der Waals surface area (Å²) in [6.07, 6.45) is 1.96. The van der Waals surface area contributed by atoms with Gasteiger partial charge >= 0.3 is 0 Å². The van der Waals surface area contributed by atoms with Crippen molar-refractivity contribution < 1.29 is 0 Å². The monoisotopic (exact) mass is 533 g/mol. The molecule has 0 saturated heterocycles. The van der Waals surface area contributed by atoms with Gasteiger partial charge in [0.1, 0.15) is 0 Å². The van der Waals surface area contributed by atoms with Crippen LogP contribution in [0, 0.1) is 0 Å². The van der Waals surface area contributed by atoms with Gasteiger partial charge in [-0.3, -0.25) is 4.98 Å². The zero-order valence-corrected chi connectivity index (χ0v) is 22.6. The van der Waals surface area contributed by atoms with Gasteiger partial charge in [-0.1, -0.05) is 84.9 Å². The van der Waals surface area contributed by atoms with Gasteiger partial charge < -0.3 is 9.13 Å². The van der Waals surface area contributed by atoms with Gasteiger partial charge in [-0.05, 0) is 70.8 Å². The molecule has 0 saturated carbocycles. The second-order valence-corrected chi connectivity index (χ2v) is 11.2. The quantitative estimate of drug-likeness (QED) is 0.217. The minimum atomic E-state index is 1.04. The van der Waals surface area contributed by atoms with Crippen LogP contribution in [-0.4, -0.2) is 14.1 Å². The lowest BCUT2D eigenvalue weighted by molar-refractivity contribution is 1.17. The highest BCUT2D eigenvalue weighted by molar-refractivity contribution is 6.18. The molecule has 0 radical (unpaired) electrons. The maximum absolute atomic E-state index is 5.00. The Morgan fingerprint density at radius 2 is 0.952 bits per heavy atom. The summed E-state index contributed by atoms with van der Waals surface area (Å²) in [4.78, 5) is 5.00. The zero-order valence-electron chi connectivity index (χ0n) is 22.6. The molecule has 0 fully saturated rings. The van der Waals surface area contributed by atoms with E-state index in [9.17, 15) is 0 Å². The number of nitrogens with zero attached hydrogens (tertiary/aromatic N) is 3. The molecule has 0 unspecified atom stereocenters. The summed E-state index contributed by atoms with van der Waals surface area (Å²) < 4.78 is 4.80. The maximum Gasteiger partial charge on any atom is 0.0954 e. The highest BCUT2D eigenvalue weighted by atomic mass is 15.0. The van der Waals surface area contributed by atoms with Gasteiger partial charge in [0.15, 0.2) is 0 Å². The molecule has 0 amide bonds. The summed E-state index contributed by atoms with van der Waals surface area (Å²) in [5.74, 6) is 0. The Hall–Kier alpha value is -5.67. The van der Waals surface area contributed by atoms with Crippen LogP contribution in [0.1, 0.15) is 0 Å². The molecule has 0 aliphatic heterocycles. The number of fused-ring (bicyclic) bond motifs is 9. The molecular formula is C39H23N3. The van der Waals surface area contributed by atoms with Crippen molar-refractivity contribution >= 4 is 54.5 Å². The molecule has 3 nitrogen and oxygen atoms in total. The van der Waals surface area contributed by atoms with Crippen molar-refractivity contribution in [2.75, 3.05) is 0 Å². The minimum Gasteiger partial charge on any atom is -0.309 e. The van der Waals surface area contributed by atoms with Crippen molar-refractivity contribution in [2.45, 2.75) is 0 Å². The molecule has 6 aromatic carbocycles. The lowest BCUT2D eigenvalue weighted by atomic mass is 10.0. The number of hydrogen-bond donors (Lipinski definition) is 0. The first-order valence-corrected chi connectivity index (χ1v) is 14.4. The normalized spacial score (nSPS) is 12.3. The predicted octanol–water partition coefficient (Wildman–Crippen LogP) is 10.1. The van der Waals surface area contributed by atoms with E-state index in [2.05, 4.69) is 143 Å². The third-order valence-corrected chi connectivity index (χ3v) is 9.11. The zero-order chi connectivity index (χ0) is 27.4. The minimum absolute atomic E-state index is 1.04. The van der Waals surface area contributed by atoms with Gasteiger partial charge in [0.2, 0.25) is 0 Å². The smallest absolute Gasteiger partial charge is 0.0954 e. The van der Waals surface area contributed by atoms with Crippen LogP contribution in [0.25, 0.3) is 88.1 Å². The number of hydrogen-bond acceptors (Lipinski definition) is 1. The molecule has 1 aliphatic carbocycles. The van der Waals surface area contributed by atoms with Gasteiger partial charge in [0, 0.05) is 38.8 Å². The summed E-state index contributed by atoms with van der Waals surface area (Å²) in [5, 5.41) is 6.26. The maximum atomic E-state index is 5.00. The van der Waals surface area contributed by atoms with Crippen molar-refractivity contribution in [3.8, 4) is 33.6 Å². The molecule has 9 aromatic rings. The van der Waals surface area contributed by atoms with Gasteiger partial charge in [0.25, 0.3) is 0 Å². The highest BCUT2D eigenvalue weighted by Gasteiger charge is 2.24. The van der Waals surface area contributed by atoms with Crippen LogP contribution < -0.4 is 0 Å². The van der Waals surface area contributed by atoms with Crippen LogP contribution in [0.2, 0.25) is 0 Å². The van der Waals surface area contributed by atoms with Crippen molar-refractivity contribution in [1.82, 2.24) is 14.1 Å². The molecule has 3 aromatic heterocycles. The number of aromatic nitrogens is 3. The summed E-state index contributed by atoms with van der Waals surface area (Å²) >= 11 is 0. The van der Waals surface area contributed by atoms with E-state index in [4.69, 9.17) is 4.98 Å². The fourth-order valence-corrected chi connectivity index (χ4v) is 7.40. The fourth-order valence-electron chi connectivity index (χ4n) is 7.40. The molecule has 3 heteroatoms. The molecule has 0 N–H and O–H groups in total. The standard InChI is InChI=1S/C39H23N3/c1-2-10-26-25(9-1)30-18-20-37(39-38(30)31(26)21-22-40-39)42-35-16-8-5-13-29(35)32-23-24(17-19-36(32)42)41-33-14-6-3-11-27(33)28-12-4-7-15-34(28)41/h1-23H. The van der Waals surface area contributed by atoms with E-state index in [-0.39, 0.29) is 0 Å². The largest absolute Gasteiger partial charge is 0.309 e. The van der Waals surface area contributed by atoms with E-state index >= 15 is 0 Å². The summed E-state index contributed by atoms with van der Waals surface area (Å²) in [6, 6.07) is 48.4. The fraction of sp³-hybridized carbons (Fsp3) is 0. The Morgan fingerprint density at radius 1 is 0.405 bits per heavy atom. The Balaban J connectivity index is 1.28. The second-order valence-electron chi connectivity index (χ2n) is 11.2. The molecule has 0 spiro atoms. The van der Waals surface area contributed by atoms with Crippen molar-refractivity contribution in [3.63, 3.8) is 0 Å². The highest BCUT2D eigenvalue weighted by Crippen LogP contribution is 2.48. The predicted molar refractivity (Wildman–Crippen MR) is 175 cm³/mol. The SMILES string of the molecule is c1ccc2c(c1)-c1ccnc3c(-n4c5ccccc5c5cc(-n6c7ccccc7c7ccccc76)ccc54)ccc-2c13. The molecule has 0 bridgehead atoms. The van der Waals surface area contributed by atoms with Gasteiger partial charge in [0.05, 0.1) is 33.3 Å². The van der Waals surface area contributed by atoms with Crippen LogP contribution in [0.5, 0.6) is 0 Å². The number of rotatable bonds is 2. The Kier molecular flexibility index (Phi) is 4.18. The van der Waals surface area contributed by atoms with Gasteiger partial charge in [-0.15, -0.1) is 0 Å². The first-order chi connectivity index (χ1) is 20.9. The molecule has 3 heterocycles. The average molecular weight is 534 g/mol. The van der Waals surface area contributed by atoms with E-state index in [1.807, 2.05) is 6.20 Å². The van der Waals surface area contributed by atoms with Crippen molar-refractivity contribution in [2.24, 2.45) is 0 Å². The van der Waals surface area contributed by atoms with E-state index < -0.39 is 0 Å².